The van der Waals surface area contributed by atoms with E-state index in [9.17, 15) is 0 Å². The maximum absolute atomic E-state index is 9.09. The lowest BCUT2D eigenvalue weighted by molar-refractivity contribution is 0.0713. The van der Waals surface area contributed by atoms with Crippen LogP contribution in [0.5, 0.6) is 0 Å². The van der Waals surface area contributed by atoms with E-state index in [0.29, 0.717) is 24.7 Å². The van der Waals surface area contributed by atoms with Crippen LogP contribution < -0.4 is 5.73 Å². The summed E-state index contributed by atoms with van der Waals surface area (Å²) < 4.78 is 0. The number of rotatable bonds is 3. The van der Waals surface area contributed by atoms with E-state index < -0.39 is 0 Å². The number of aliphatic hydroxyl groups excluding tert-OH is 1. The summed E-state index contributed by atoms with van der Waals surface area (Å²) in [5.74, 6) is 0. The maximum Gasteiger partial charge on any atom is 0.0445 e. The summed E-state index contributed by atoms with van der Waals surface area (Å²) in [6.45, 7) is 1.52. The van der Waals surface area contributed by atoms with Gasteiger partial charge in [0.2, 0.25) is 0 Å². The lowest BCUT2D eigenvalue weighted by atomic mass is 9.96. The number of piperidine rings is 1. The first kappa shape index (κ1) is 11.4. The van der Waals surface area contributed by atoms with E-state index in [0.717, 1.165) is 6.42 Å². The third kappa shape index (κ3) is 2.52. The third-order valence-corrected chi connectivity index (χ3v) is 4.09. The second-order valence-corrected chi connectivity index (χ2v) is 5.06. The van der Waals surface area contributed by atoms with Gasteiger partial charge < -0.3 is 10.8 Å². The molecule has 2 rings (SSSR count). The molecule has 3 heteroatoms. The van der Waals surface area contributed by atoms with E-state index in [1.54, 1.807) is 0 Å². The van der Waals surface area contributed by atoms with Crippen LogP contribution in [0.2, 0.25) is 0 Å². The minimum Gasteiger partial charge on any atom is -0.396 e. The van der Waals surface area contributed by atoms with Crippen molar-refractivity contribution in [3.63, 3.8) is 0 Å². The lowest BCUT2D eigenvalue weighted by Gasteiger charge is -2.41. The predicted octanol–water partition coefficient (Wildman–Crippen LogP) is 1.10. The molecule has 2 aliphatic rings. The molecule has 0 bridgehead atoms. The van der Waals surface area contributed by atoms with Crippen molar-refractivity contribution in [2.75, 3.05) is 13.2 Å². The highest BCUT2D eigenvalue weighted by Crippen LogP contribution is 2.29. The average Bonchev–Trinajstić information content (AvgIpc) is 2.66. The molecule has 0 spiro atoms. The molecule has 2 fully saturated rings. The van der Waals surface area contributed by atoms with Gasteiger partial charge in [0.1, 0.15) is 0 Å². The van der Waals surface area contributed by atoms with Crippen molar-refractivity contribution < 1.29 is 5.11 Å². The zero-order valence-corrected chi connectivity index (χ0v) is 9.57. The van der Waals surface area contributed by atoms with E-state index in [1.165, 1.54) is 45.1 Å². The van der Waals surface area contributed by atoms with Crippen molar-refractivity contribution in [3.8, 4) is 0 Å². The van der Waals surface area contributed by atoms with Gasteiger partial charge in [0.15, 0.2) is 0 Å². The van der Waals surface area contributed by atoms with Crippen LogP contribution in [0.3, 0.4) is 0 Å². The molecule has 1 aliphatic carbocycles. The Morgan fingerprint density at radius 2 is 2.00 bits per heavy atom. The highest BCUT2D eigenvalue weighted by Gasteiger charge is 2.34. The summed E-state index contributed by atoms with van der Waals surface area (Å²) in [4.78, 5) is 2.59. The third-order valence-electron chi connectivity index (χ3n) is 4.09. The Morgan fingerprint density at radius 1 is 1.13 bits per heavy atom. The summed E-state index contributed by atoms with van der Waals surface area (Å²) >= 11 is 0. The van der Waals surface area contributed by atoms with Crippen LogP contribution in [-0.2, 0) is 0 Å². The molecule has 3 N–H and O–H groups in total. The summed E-state index contributed by atoms with van der Waals surface area (Å²) in [5, 5.41) is 9.09. The van der Waals surface area contributed by atoms with Gasteiger partial charge >= 0.3 is 0 Å². The Balaban J connectivity index is 1.97. The molecule has 0 aromatic heterocycles. The number of hydrogen-bond donors (Lipinski definition) is 2. The zero-order chi connectivity index (χ0) is 10.7. The highest BCUT2D eigenvalue weighted by molar-refractivity contribution is 4.92. The van der Waals surface area contributed by atoms with Gasteiger partial charge in [0.25, 0.3) is 0 Å². The molecule has 0 amide bonds. The molecule has 1 aliphatic heterocycles. The highest BCUT2D eigenvalue weighted by atomic mass is 16.3. The van der Waals surface area contributed by atoms with Gasteiger partial charge in [0, 0.05) is 24.7 Å². The summed E-state index contributed by atoms with van der Waals surface area (Å²) in [5.41, 5.74) is 6.16. The van der Waals surface area contributed by atoms with Crippen LogP contribution in [0.15, 0.2) is 0 Å². The fourth-order valence-corrected chi connectivity index (χ4v) is 3.30. The van der Waals surface area contributed by atoms with Crippen LogP contribution in [0, 0.1) is 0 Å². The second kappa shape index (κ2) is 5.28. The largest absolute Gasteiger partial charge is 0.396 e. The number of hydrogen-bond acceptors (Lipinski definition) is 3. The molecule has 1 saturated carbocycles. The van der Waals surface area contributed by atoms with Gasteiger partial charge in [-0.25, -0.2) is 0 Å². The van der Waals surface area contributed by atoms with Gasteiger partial charge in [-0.3, -0.25) is 4.90 Å². The summed E-state index contributed by atoms with van der Waals surface area (Å²) in [7, 11) is 0. The molecule has 3 unspecified atom stereocenters. The molecule has 15 heavy (non-hydrogen) atoms. The molecule has 3 nitrogen and oxygen atoms in total. The molecule has 0 radical (unpaired) electrons. The molecule has 3 atom stereocenters. The molecule has 1 saturated heterocycles. The van der Waals surface area contributed by atoms with E-state index in [1.807, 2.05) is 0 Å². The number of nitrogens with two attached hydrogens (primary N) is 1. The SMILES string of the molecule is NC1CCCC1N1CCCCC1CCO. The smallest absolute Gasteiger partial charge is 0.0445 e. The van der Waals surface area contributed by atoms with Crippen molar-refractivity contribution in [2.45, 2.75) is 63.1 Å². The first-order valence-corrected chi connectivity index (χ1v) is 6.45. The van der Waals surface area contributed by atoms with Gasteiger partial charge in [-0.15, -0.1) is 0 Å². The van der Waals surface area contributed by atoms with Gasteiger partial charge in [-0.1, -0.05) is 12.8 Å². The Morgan fingerprint density at radius 3 is 2.67 bits per heavy atom. The molecular formula is C12H24N2O. The van der Waals surface area contributed by atoms with Crippen LogP contribution in [0.25, 0.3) is 0 Å². The quantitative estimate of drug-likeness (QED) is 0.736. The van der Waals surface area contributed by atoms with Crippen molar-refractivity contribution in [1.82, 2.24) is 4.90 Å². The van der Waals surface area contributed by atoms with Gasteiger partial charge in [-0.2, -0.15) is 0 Å². The first-order chi connectivity index (χ1) is 7.33. The van der Waals surface area contributed by atoms with Crippen molar-refractivity contribution in [3.05, 3.63) is 0 Å². The van der Waals surface area contributed by atoms with Crippen LogP contribution >= 0.6 is 0 Å². The molecular weight excluding hydrogens is 188 g/mol. The second-order valence-electron chi connectivity index (χ2n) is 5.06. The zero-order valence-electron chi connectivity index (χ0n) is 9.57. The number of aliphatic hydroxyl groups is 1. The van der Waals surface area contributed by atoms with Crippen molar-refractivity contribution >= 4 is 0 Å². The molecule has 0 aromatic carbocycles. The predicted molar refractivity (Wildman–Crippen MR) is 61.7 cm³/mol. The van der Waals surface area contributed by atoms with Crippen molar-refractivity contribution in [1.29, 1.82) is 0 Å². The molecule has 88 valence electrons. The molecule has 1 heterocycles. The van der Waals surface area contributed by atoms with Gasteiger partial charge in [0.05, 0.1) is 0 Å². The Bertz CT molecular complexity index is 196. The summed E-state index contributed by atoms with van der Waals surface area (Å²) in [6.07, 6.45) is 8.56. The standard InChI is InChI=1S/C12H24N2O/c13-11-5-3-6-12(11)14-8-2-1-4-10(14)7-9-15/h10-12,15H,1-9,13H2. The lowest BCUT2D eigenvalue weighted by Crippen LogP contribution is -2.51. The minimum absolute atomic E-state index is 0.323. The number of likely N-dealkylation sites (tertiary alicyclic amines) is 1. The Kier molecular flexibility index (Phi) is 4.00. The molecule has 0 aromatic rings. The van der Waals surface area contributed by atoms with E-state index in [4.69, 9.17) is 10.8 Å². The van der Waals surface area contributed by atoms with Crippen LogP contribution in [-0.4, -0.2) is 41.3 Å². The summed E-state index contributed by atoms with van der Waals surface area (Å²) in [6, 6.07) is 1.57. The first-order valence-electron chi connectivity index (χ1n) is 6.45. The average molecular weight is 212 g/mol. The Hall–Kier alpha value is -0.120. The van der Waals surface area contributed by atoms with E-state index in [-0.39, 0.29) is 0 Å². The van der Waals surface area contributed by atoms with E-state index in [2.05, 4.69) is 4.90 Å². The topological polar surface area (TPSA) is 49.5 Å². The number of nitrogens with zero attached hydrogens (tertiary/aromatic N) is 1. The maximum atomic E-state index is 9.09. The van der Waals surface area contributed by atoms with Gasteiger partial charge in [-0.05, 0) is 38.6 Å². The fourth-order valence-electron chi connectivity index (χ4n) is 3.30. The monoisotopic (exact) mass is 212 g/mol. The Labute approximate surface area is 92.6 Å². The van der Waals surface area contributed by atoms with Crippen LogP contribution in [0.4, 0.5) is 0 Å². The minimum atomic E-state index is 0.323. The van der Waals surface area contributed by atoms with Crippen molar-refractivity contribution in [2.24, 2.45) is 5.73 Å². The van der Waals surface area contributed by atoms with Crippen LogP contribution in [0.1, 0.15) is 44.9 Å². The fraction of sp³-hybridized carbons (Fsp3) is 1.00. The van der Waals surface area contributed by atoms with E-state index >= 15 is 0 Å². The normalized spacial score (nSPS) is 38.4.